The zero-order chi connectivity index (χ0) is 18.8. The first-order valence-electron chi connectivity index (χ1n) is 9.58. The highest BCUT2D eigenvalue weighted by atomic mass is 16.1. The smallest absolute Gasteiger partial charge is 0.249 e. The summed E-state index contributed by atoms with van der Waals surface area (Å²) in [4.78, 5) is 19.2. The fourth-order valence-corrected chi connectivity index (χ4v) is 3.82. The predicted octanol–water partition coefficient (Wildman–Crippen LogP) is 3.60. The zero-order valence-corrected chi connectivity index (χ0v) is 15.9. The number of hydrogen-bond donors (Lipinski definition) is 1. The minimum atomic E-state index is -0.111. The summed E-state index contributed by atoms with van der Waals surface area (Å²) in [5, 5.41) is 7.34. The molecule has 27 heavy (non-hydrogen) atoms. The molecule has 1 aliphatic heterocycles. The van der Waals surface area contributed by atoms with E-state index in [1.54, 1.807) is 0 Å². The number of carbonyl (C=O) groups is 1. The van der Waals surface area contributed by atoms with Crippen LogP contribution in [-0.4, -0.2) is 33.1 Å². The summed E-state index contributed by atoms with van der Waals surface area (Å²) in [6, 6.07) is 14.3. The molecule has 2 aromatic heterocycles. The molecule has 1 amide bonds. The number of carbonyl (C=O) groups excluding carboxylic acids is 1. The summed E-state index contributed by atoms with van der Waals surface area (Å²) in [6.45, 7) is 5.41. The molecule has 0 radical (unpaired) electrons. The molecule has 4 rings (SSSR count). The van der Waals surface area contributed by atoms with Gasteiger partial charge in [-0.05, 0) is 50.8 Å². The van der Waals surface area contributed by atoms with Crippen LogP contribution in [0.3, 0.4) is 0 Å². The molecule has 3 heterocycles. The Balaban J connectivity index is 1.55. The van der Waals surface area contributed by atoms with Gasteiger partial charge in [-0.1, -0.05) is 30.3 Å². The van der Waals surface area contributed by atoms with Gasteiger partial charge in [0.05, 0.1) is 17.8 Å². The average molecular weight is 363 g/mol. The molecular weight excluding hydrogens is 338 g/mol. The van der Waals surface area contributed by atoms with Crippen LogP contribution in [0.2, 0.25) is 0 Å². The first-order chi connectivity index (χ1) is 13.1. The Bertz CT molecular complexity index is 950. The summed E-state index contributed by atoms with van der Waals surface area (Å²) in [5.74, 6) is 0.238. The summed E-state index contributed by atoms with van der Waals surface area (Å²) in [7, 11) is 0. The third-order valence-electron chi connectivity index (χ3n) is 5.28. The lowest BCUT2D eigenvalue weighted by atomic mass is 10.0. The van der Waals surface area contributed by atoms with Crippen LogP contribution in [0.1, 0.15) is 37.4 Å². The molecule has 6 nitrogen and oxygen atoms in total. The van der Waals surface area contributed by atoms with Crippen LogP contribution in [0.25, 0.3) is 5.65 Å². The molecule has 140 valence electrons. The number of fused-ring (bicyclic) bond motifs is 1. The van der Waals surface area contributed by atoms with Crippen molar-refractivity contribution in [1.29, 1.82) is 0 Å². The highest BCUT2D eigenvalue weighted by Crippen LogP contribution is 2.28. The van der Waals surface area contributed by atoms with Crippen LogP contribution in [0.5, 0.6) is 0 Å². The molecule has 1 N–H and O–H groups in total. The van der Waals surface area contributed by atoms with Gasteiger partial charge in [0.2, 0.25) is 11.9 Å². The normalized spacial score (nSPS) is 17.3. The van der Waals surface area contributed by atoms with E-state index in [-0.39, 0.29) is 5.91 Å². The molecule has 1 aromatic carbocycles. The van der Waals surface area contributed by atoms with Crippen molar-refractivity contribution in [3.63, 3.8) is 0 Å². The van der Waals surface area contributed by atoms with Crippen molar-refractivity contribution in [2.45, 2.75) is 45.6 Å². The van der Waals surface area contributed by atoms with Gasteiger partial charge in [0.15, 0.2) is 5.65 Å². The van der Waals surface area contributed by atoms with E-state index in [0.29, 0.717) is 18.4 Å². The van der Waals surface area contributed by atoms with E-state index in [2.05, 4.69) is 40.2 Å². The van der Waals surface area contributed by atoms with Crippen LogP contribution in [0, 0.1) is 6.92 Å². The SMILES string of the molecule is Cc1c(N2CCCCC2C)ccc2nc(NC(=O)Cc3ccccc3)nn12. The number of anilines is 2. The minimum absolute atomic E-state index is 0.111. The first kappa shape index (κ1) is 17.5. The molecule has 3 aromatic rings. The maximum Gasteiger partial charge on any atom is 0.249 e. The van der Waals surface area contributed by atoms with E-state index in [9.17, 15) is 4.79 Å². The van der Waals surface area contributed by atoms with E-state index in [0.717, 1.165) is 23.4 Å². The number of nitrogens with zero attached hydrogens (tertiary/aromatic N) is 4. The number of aryl methyl sites for hydroxylation is 1. The fourth-order valence-electron chi connectivity index (χ4n) is 3.82. The van der Waals surface area contributed by atoms with E-state index >= 15 is 0 Å². The Morgan fingerprint density at radius 3 is 2.78 bits per heavy atom. The summed E-state index contributed by atoms with van der Waals surface area (Å²) in [5.41, 5.74) is 3.96. The highest BCUT2D eigenvalue weighted by molar-refractivity contribution is 5.90. The third kappa shape index (κ3) is 3.65. The van der Waals surface area contributed by atoms with Gasteiger partial charge in [0.1, 0.15) is 0 Å². The van der Waals surface area contributed by atoms with Crippen molar-refractivity contribution in [1.82, 2.24) is 14.6 Å². The maximum absolute atomic E-state index is 12.3. The van der Waals surface area contributed by atoms with E-state index in [1.807, 2.05) is 40.9 Å². The van der Waals surface area contributed by atoms with Crippen LogP contribution in [0.4, 0.5) is 11.6 Å². The van der Waals surface area contributed by atoms with Crippen molar-refractivity contribution < 1.29 is 4.79 Å². The Morgan fingerprint density at radius 1 is 1.19 bits per heavy atom. The third-order valence-corrected chi connectivity index (χ3v) is 5.28. The second kappa shape index (κ2) is 7.39. The lowest BCUT2D eigenvalue weighted by Gasteiger charge is -2.36. The molecule has 1 fully saturated rings. The van der Waals surface area contributed by atoms with Gasteiger partial charge >= 0.3 is 0 Å². The van der Waals surface area contributed by atoms with Crippen molar-refractivity contribution in [3.05, 3.63) is 53.7 Å². The number of hydrogen-bond acceptors (Lipinski definition) is 4. The topological polar surface area (TPSA) is 62.5 Å². The van der Waals surface area contributed by atoms with Gasteiger partial charge in [-0.25, -0.2) is 4.52 Å². The molecule has 1 atom stereocenters. The second-order valence-corrected chi connectivity index (χ2v) is 7.26. The van der Waals surface area contributed by atoms with Crippen LogP contribution in [0.15, 0.2) is 42.5 Å². The molecule has 0 aliphatic carbocycles. The summed E-state index contributed by atoms with van der Waals surface area (Å²) < 4.78 is 1.83. The standard InChI is InChI=1S/C21H25N5O/c1-15-8-6-7-13-25(15)18-11-12-19-22-21(24-26(19)16(18)2)23-20(27)14-17-9-4-3-5-10-17/h3-5,9-12,15H,6-8,13-14H2,1-2H3,(H,23,24,27). The van der Waals surface area contributed by atoms with Crippen LogP contribution >= 0.6 is 0 Å². The number of amides is 1. The number of pyridine rings is 1. The Kier molecular flexibility index (Phi) is 4.79. The molecule has 1 aliphatic rings. The maximum atomic E-state index is 12.3. The number of rotatable bonds is 4. The van der Waals surface area contributed by atoms with Crippen molar-refractivity contribution >= 4 is 23.2 Å². The number of aromatic nitrogens is 3. The quantitative estimate of drug-likeness (QED) is 0.769. The molecular formula is C21H25N5O. The van der Waals surface area contributed by atoms with Gasteiger partial charge in [-0.3, -0.25) is 10.1 Å². The van der Waals surface area contributed by atoms with Crippen LogP contribution in [-0.2, 0) is 11.2 Å². The lowest BCUT2D eigenvalue weighted by Crippen LogP contribution is -2.38. The predicted molar refractivity (Wildman–Crippen MR) is 107 cm³/mol. The van der Waals surface area contributed by atoms with Crippen molar-refractivity contribution in [3.8, 4) is 0 Å². The number of piperidine rings is 1. The first-order valence-corrected chi connectivity index (χ1v) is 9.58. The largest absolute Gasteiger partial charge is 0.367 e. The molecule has 0 bridgehead atoms. The highest BCUT2D eigenvalue weighted by Gasteiger charge is 2.21. The monoisotopic (exact) mass is 363 g/mol. The zero-order valence-electron chi connectivity index (χ0n) is 15.9. The second-order valence-electron chi connectivity index (χ2n) is 7.26. The lowest BCUT2D eigenvalue weighted by molar-refractivity contribution is -0.115. The van der Waals surface area contributed by atoms with Gasteiger partial charge < -0.3 is 4.90 Å². The van der Waals surface area contributed by atoms with Crippen molar-refractivity contribution in [2.24, 2.45) is 0 Å². The molecule has 1 saturated heterocycles. The molecule has 0 spiro atoms. The molecule has 0 saturated carbocycles. The van der Waals surface area contributed by atoms with Gasteiger partial charge in [0.25, 0.3) is 0 Å². The molecule has 6 heteroatoms. The molecule has 1 unspecified atom stereocenters. The van der Waals surface area contributed by atoms with E-state index in [4.69, 9.17) is 0 Å². The van der Waals surface area contributed by atoms with E-state index < -0.39 is 0 Å². The van der Waals surface area contributed by atoms with Gasteiger partial charge in [0, 0.05) is 12.6 Å². The number of nitrogens with one attached hydrogen (secondary N) is 1. The van der Waals surface area contributed by atoms with Gasteiger partial charge in [-0.15, -0.1) is 5.10 Å². The average Bonchev–Trinajstić information content (AvgIpc) is 3.07. The Morgan fingerprint density at radius 2 is 2.00 bits per heavy atom. The fraction of sp³-hybridized carbons (Fsp3) is 0.381. The van der Waals surface area contributed by atoms with Crippen molar-refractivity contribution in [2.75, 3.05) is 16.8 Å². The number of benzene rings is 1. The Labute approximate surface area is 159 Å². The summed E-state index contributed by atoms with van der Waals surface area (Å²) in [6.07, 6.45) is 4.04. The van der Waals surface area contributed by atoms with Crippen LogP contribution < -0.4 is 10.2 Å². The minimum Gasteiger partial charge on any atom is -0.367 e. The van der Waals surface area contributed by atoms with E-state index in [1.165, 1.54) is 24.9 Å². The summed E-state index contributed by atoms with van der Waals surface area (Å²) >= 11 is 0. The Hall–Kier alpha value is -2.89. The van der Waals surface area contributed by atoms with Gasteiger partial charge in [-0.2, -0.15) is 4.98 Å².